The van der Waals surface area contributed by atoms with Crippen molar-refractivity contribution in [2.45, 2.75) is 296 Å². The van der Waals surface area contributed by atoms with E-state index < -0.39 is 131 Å². The van der Waals surface area contributed by atoms with Crippen LogP contribution in [0, 0.1) is 5.41 Å². The van der Waals surface area contributed by atoms with Crippen LogP contribution in [0.2, 0.25) is 0 Å². The van der Waals surface area contributed by atoms with E-state index in [2.05, 4.69) is 20.8 Å². The Hall–Kier alpha value is -4.89. The van der Waals surface area contributed by atoms with Crippen LogP contribution in [0.4, 0.5) is 0 Å². The second kappa shape index (κ2) is 58.2. The van der Waals surface area contributed by atoms with Crippen LogP contribution in [0.25, 0.3) is 0 Å². The number of carbonyl (C=O) groups is 9. The van der Waals surface area contributed by atoms with Crippen molar-refractivity contribution in [1.29, 1.82) is 0 Å². The molecular weight excluding hydrogens is 1150 g/mol. The predicted molar refractivity (Wildman–Crippen MR) is 344 cm³/mol. The summed E-state index contributed by atoms with van der Waals surface area (Å²) in [5.74, 6) is -10.4. The van der Waals surface area contributed by atoms with Crippen molar-refractivity contribution >= 4 is 53.7 Å². The lowest BCUT2D eigenvalue weighted by Crippen LogP contribution is -2.53. The van der Waals surface area contributed by atoms with Crippen molar-refractivity contribution < 1.29 is 87.6 Å². The molecule has 0 aliphatic heterocycles. The average molecular weight is 1270 g/mol. The van der Waals surface area contributed by atoms with Crippen LogP contribution in [0.5, 0.6) is 0 Å². The Labute approximate surface area is 534 Å². The molecule has 21 heteroatoms. The fraction of sp³-hybridized carbons (Fsp3) is 0.868. The van der Waals surface area contributed by atoms with E-state index in [0.29, 0.717) is 19.3 Å². The number of carbonyl (C=O) groups excluding carboxylic acids is 4. The lowest BCUT2D eigenvalue weighted by molar-refractivity contribution is -0.181. The summed E-state index contributed by atoms with van der Waals surface area (Å²) in [6, 6.07) is -1.81. The van der Waals surface area contributed by atoms with Gasteiger partial charge in [0.25, 0.3) is 0 Å². The van der Waals surface area contributed by atoms with E-state index in [1.165, 1.54) is 135 Å². The van der Waals surface area contributed by atoms with Gasteiger partial charge < -0.3 is 44.5 Å². The Balaban J connectivity index is 6.67. The molecule has 0 amide bonds. The largest absolute Gasteiger partial charge is 0.480 e. The first-order valence-corrected chi connectivity index (χ1v) is 34.8. The molecule has 21 nitrogen and oxygen atoms in total. The third-order valence-corrected chi connectivity index (χ3v) is 16.4. The Kier molecular flexibility index (Phi) is 55.0. The molecule has 5 N–H and O–H groups in total. The number of nitrogens with zero attached hydrogens (tertiary/aromatic N) is 3. The first-order valence-electron chi connectivity index (χ1n) is 34.8. The molecule has 0 heterocycles. The van der Waals surface area contributed by atoms with Gasteiger partial charge in [-0.3, -0.25) is 57.9 Å². The zero-order chi connectivity index (χ0) is 66.0. The lowest BCUT2D eigenvalue weighted by Gasteiger charge is -2.34. The molecule has 0 spiro atoms. The normalized spacial score (nSPS) is 11.9. The Bertz CT molecular complexity index is 1690. The minimum absolute atomic E-state index is 0.00183. The molecule has 0 aliphatic carbocycles. The molecule has 0 aromatic rings. The zero-order valence-electron chi connectivity index (χ0n) is 55.6. The molecule has 518 valence electrons. The average Bonchev–Trinajstić information content (AvgIpc) is 2.13. The molecule has 0 saturated carbocycles. The SMILES string of the molecule is CCCCCCCCCCCCCCCC(=O)OCC(COC(=O)CCCCCCCCCCCCCCC)(COC(=O)CCCCCCCCCCCCCCC)C(=O)OCC(C(=O)O)N(CCN(CC(=O)O)CC(=O)O)CCN(CC(=O)O)CC(=O)O. The van der Waals surface area contributed by atoms with E-state index in [-0.39, 0.29) is 32.4 Å². The first kappa shape index (κ1) is 84.1. The van der Waals surface area contributed by atoms with Crippen LogP contribution < -0.4 is 0 Å². The van der Waals surface area contributed by atoms with E-state index in [0.717, 1.165) is 111 Å². The number of carboxylic acids is 5. The Morgan fingerprint density at radius 3 is 0.753 bits per heavy atom. The first-order chi connectivity index (χ1) is 42.9. The maximum Gasteiger partial charge on any atom is 0.324 e. The molecule has 1 atom stereocenters. The van der Waals surface area contributed by atoms with Crippen molar-refractivity contribution in [2.75, 3.05) is 78.8 Å². The number of hydrogen-bond acceptors (Lipinski definition) is 16. The molecular formula is C68H123N3O18. The van der Waals surface area contributed by atoms with Gasteiger partial charge >= 0.3 is 53.7 Å². The maximum atomic E-state index is 14.8. The summed E-state index contributed by atoms with van der Waals surface area (Å²) in [7, 11) is 0. The highest BCUT2D eigenvalue weighted by Crippen LogP contribution is 2.26. The van der Waals surface area contributed by atoms with Gasteiger partial charge in [0.2, 0.25) is 0 Å². The Morgan fingerprint density at radius 2 is 0.539 bits per heavy atom. The summed E-state index contributed by atoms with van der Waals surface area (Å²) in [4.78, 5) is 119. The third-order valence-electron chi connectivity index (χ3n) is 16.4. The lowest BCUT2D eigenvalue weighted by atomic mass is 9.91. The molecule has 0 aromatic heterocycles. The minimum Gasteiger partial charge on any atom is -0.480 e. The smallest absolute Gasteiger partial charge is 0.324 e. The van der Waals surface area contributed by atoms with Crippen molar-refractivity contribution in [3.8, 4) is 0 Å². The Morgan fingerprint density at radius 1 is 0.315 bits per heavy atom. The zero-order valence-corrected chi connectivity index (χ0v) is 55.6. The predicted octanol–water partition coefficient (Wildman–Crippen LogP) is 13.3. The monoisotopic (exact) mass is 1270 g/mol. The number of ether oxygens (including phenoxy) is 4. The molecule has 0 rings (SSSR count). The van der Waals surface area contributed by atoms with E-state index >= 15 is 0 Å². The second-order valence-electron chi connectivity index (χ2n) is 24.7. The van der Waals surface area contributed by atoms with E-state index in [4.69, 9.17) is 18.9 Å². The highest BCUT2D eigenvalue weighted by atomic mass is 16.6. The molecule has 1 unspecified atom stereocenters. The number of hydrogen-bond donors (Lipinski definition) is 5. The maximum absolute atomic E-state index is 14.8. The van der Waals surface area contributed by atoms with Crippen LogP contribution in [-0.2, 0) is 62.1 Å². The van der Waals surface area contributed by atoms with Gasteiger partial charge in [-0.2, -0.15) is 0 Å². The van der Waals surface area contributed by atoms with Gasteiger partial charge in [-0.1, -0.05) is 252 Å². The van der Waals surface area contributed by atoms with Crippen LogP contribution in [-0.4, -0.2) is 179 Å². The van der Waals surface area contributed by atoms with Gasteiger partial charge in [-0.25, -0.2) is 0 Å². The molecule has 89 heavy (non-hydrogen) atoms. The molecule has 0 radical (unpaired) electrons. The van der Waals surface area contributed by atoms with Crippen LogP contribution >= 0.6 is 0 Å². The van der Waals surface area contributed by atoms with Crippen molar-refractivity contribution in [2.24, 2.45) is 5.41 Å². The highest BCUT2D eigenvalue weighted by Gasteiger charge is 2.46. The van der Waals surface area contributed by atoms with Gasteiger partial charge in [0.15, 0.2) is 5.41 Å². The number of unbranched alkanes of at least 4 members (excludes halogenated alkanes) is 36. The standard InChI is InChI=1S/C68H123N3O18/c1-4-7-10-13-16-19-22-25-28-31-34-37-40-43-63(80)87-55-68(56-88-64(81)44-41-38-35-32-29-26-23-20-17-14-11-8-5-2,57-89-65(82)45-42-39-36-33-30-27-24-21-18-15-12-9-6-3)67(85)86-54-58(66(83)84)71(48-46-69(50-59(72)73)51-60(74)75)49-47-70(52-61(76)77)53-62(78)79/h58H,4-57H2,1-3H3,(H,72,73)(H,74,75)(H,76,77)(H,78,79)(H,83,84). The molecule has 0 saturated heterocycles. The van der Waals surface area contributed by atoms with Crippen LogP contribution in [0.15, 0.2) is 0 Å². The minimum atomic E-state index is -2.20. The summed E-state index contributed by atoms with van der Waals surface area (Å²) in [5.41, 5.74) is -2.20. The second-order valence-corrected chi connectivity index (χ2v) is 24.7. The number of rotatable bonds is 67. The van der Waals surface area contributed by atoms with Crippen LogP contribution in [0.1, 0.15) is 290 Å². The van der Waals surface area contributed by atoms with Gasteiger partial charge in [-0.05, 0) is 19.3 Å². The van der Waals surface area contributed by atoms with E-state index in [9.17, 15) is 68.7 Å². The van der Waals surface area contributed by atoms with E-state index in [1.54, 1.807) is 0 Å². The summed E-state index contributed by atoms with van der Waals surface area (Å²) >= 11 is 0. The molecule has 0 aromatic carbocycles. The quantitative estimate of drug-likeness (QED) is 0.0215. The summed E-state index contributed by atoms with van der Waals surface area (Å²) in [6.45, 7) is -1.21. The van der Waals surface area contributed by atoms with Crippen LogP contribution in [0.3, 0.4) is 0 Å². The van der Waals surface area contributed by atoms with Crippen molar-refractivity contribution in [1.82, 2.24) is 14.7 Å². The summed E-state index contributed by atoms with van der Waals surface area (Å²) < 4.78 is 23.1. The fourth-order valence-corrected chi connectivity index (χ4v) is 10.8. The van der Waals surface area contributed by atoms with E-state index in [1.807, 2.05) is 0 Å². The van der Waals surface area contributed by atoms with Crippen molar-refractivity contribution in [3.05, 3.63) is 0 Å². The topological polar surface area (TPSA) is 301 Å². The van der Waals surface area contributed by atoms with Gasteiger partial charge in [0, 0.05) is 45.4 Å². The third kappa shape index (κ3) is 51.4. The number of aliphatic carboxylic acids is 5. The fourth-order valence-electron chi connectivity index (χ4n) is 10.8. The molecule has 0 aliphatic rings. The number of esters is 4. The summed E-state index contributed by atoms with van der Waals surface area (Å²) in [6.07, 6.45) is 42.6. The van der Waals surface area contributed by atoms with Gasteiger partial charge in [0.05, 0.1) is 26.2 Å². The molecule has 0 bridgehead atoms. The molecule has 0 fully saturated rings. The van der Waals surface area contributed by atoms with Crippen molar-refractivity contribution in [3.63, 3.8) is 0 Å². The number of carboxylic acid groups (broad SMARTS) is 5. The van der Waals surface area contributed by atoms with Gasteiger partial charge in [-0.15, -0.1) is 0 Å². The van der Waals surface area contributed by atoms with Gasteiger partial charge in [0.1, 0.15) is 32.5 Å². The summed E-state index contributed by atoms with van der Waals surface area (Å²) in [5, 5.41) is 48.8. The highest BCUT2D eigenvalue weighted by molar-refractivity contribution is 5.81.